The summed E-state index contributed by atoms with van der Waals surface area (Å²) in [5, 5.41) is 23.9. The number of phenols is 1. The number of phenolic OH excluding ortho intramolecular Hbond substituents is 1. The highest BCUT2D eigenvalue weighted by Crippen LogP contribution is 2.32. The summed E-state index contributed by atoms with van der Waals surface area (Å²) >= 11 is 0. The van der Waals surface area contributed by atoms with Crippen molar-refractivity contribution in [1.82, 2.24) is 0 Å². The van der Waals surface area contributed by atoms with Gasteiger partial charge in [-0.2, -0.15) is 5.26 Å². The van der Waals surface area contributed by atoms with Crippen molar-refractivity contribution in [2.24, 2.45) is 0 Å². The monoisotopic (exact) mass is 478 g/mol. The molecule has 0 aromatic heterocycles. The Morgan fingerprint density at radius 1 is 1.00 bits per heavy atom. The van der Waals surface area contributed by atoms with Gasteiger partial charge in [-0.25, -0.2) is 0 Å². The van der Waals surface area contributed by atoms with Gasteiger partial charge in [0.1, 0.15) is 24.0 Å². The van der Waals surface area contributed by atoms with E-state index in [0.717, 1.165) is 21.9 Å². The number of amides is 1. The molecule has 6 heteroatoms. The lowest BCUT2D eigenvalue weighted by Crippen LogP contribution is -2.13. The third kappa shape index (κ3) is 5.65. The highest BCUT2D eigenvalue weighted by Gasteiger charge is 2.13. The van der Waals surface area contributed by atoms with Gasteiger partial charge in [-0.1, -0.05) is 42.5 Å². The number of ether oxygens (including phenoxy) is 2. The van der Waals surface area contributed by atoms with Gasteiger partial charge in [-0.3, -0.25) is 4.79 Å². The number of hydrogen-bond donors (Lipinski definition) is 2. The molecule has 4 aromatic rings. The van der Waals surface area contributed by atoms with Crippen molar-refractivity contribution >= 4 is 28.4 Å². The molecular weight excluding hydrogens is 452 g/mol. The van der Waals surface area contributed by atoms with E-state index >= 15 is 0 Å². The fourth-order valence-corrected chi connectivity index (χ4v) is 3.85. The third-order valence-electron chi connectivity index (χ3n) is 5.72. The SMILES string of the molecule is CCOc1cc(/C=C(\C#N)C(=O)Nc2ccc(O)cc2)ccc1OCc1c(C)ccc2ccccc12. The van der Waals surface area contributed by atoms with Crippen molar-refractivity contribution in [1.29, 1.82) is 5.26 Å². The molecule has 0 aliphatic heterocycles. The molecule has 0 unspecified atom stereocenters. The first kappa shape index (κ1) is 24.4. The molecule has 0 saturated heterocycles. The van der Waals surface area contributed by atoms with Crippen molar-refractivity contribution in [2.75, 3.05) is 11.9 Å². The van der Waals surface area contributed by atoms with E-state index in [1.807, 2.05) is 25.1 Å². The molecule has 0 spiro atoms. The fourth-order valence-electron chi connectivity index (χ4n) is 3.85. The van der Waals surface area contributed by atoms with Crippen LogP contribution in [0.3, 0.4) is 0 Å². The first-order valence-electron chi connectivity index (χ1n) is 11.6. The van der Waals surface area contributed by atoms with E-state index in [9.17, 15) is 15.2 Å². The summed E-state index contributed by atoms with van der Waals surface area (Å²) in [6.45, 7) is 4.76. The normalized spacial score (nSPS) is 11.1. The second-order valence-corrected chi connectivity index (χ2v) is 8.18. The largest absolute Gasteiger partial charge is 0.508 e. The molecule has 0 fully saturated rings. The maximum absolute atomic E-state index is 12.6. The lowest BCUT2D eigenvalue weighted by atomic mass is 10.0. The smallest absolute Gasteiger partial charge is 0.266 e. The van der Waals surface area contributed by atoms with Crippen LogP contribution in [0.4, 0.5) is 5.69 Å². The van der Waals surface area contributed by atoms with Crippen molar-refractivity contribution < 1.29 is 19.4 Å². The number of carbonyl (C=O) groups is 1. The van der Waals surface area contributed by atoms with E-state index in [2.05, 4.69) is 36.5 Å². The second kappa shape index (κ2) is 11.1. The average molecular weight is 479 g/mol. The minimum atomic E-state index is -0.548. The Morgan fingerprint density at radius 3 is 2.53 bits per heavy atom. The zero-order chi connectivity index (χ0) is 25.5. The zero-order valence-electron chi connectivity index (χ0n) is 20.1. The van der Waals surface area contributed by atoms with E-state index in [-0.39, 0.29) is 11.3 Å². The molecule has 36 heavy (non-hydrogen) atoms. The first-order chi connectivity index (χ1) is 17.5. The molecule has 0 saturated carbocycles. The number of benzene rings is 4. The standard InChI is InChI=1S/C30H26N2O4/c1-3-35-29-17-21(16-23(18-31)30(34)32-24-11-13-25(33)14-12-24)9-15-28(29)36-19-27-20(2)8-10-22-6-4-5-7-26(22)27/h4-17,33H,3,19H2,1-2H3,(H,32,34)/b23-16+. The third-order valence-corrected chi connectivity index (χ3v) is 5.72. The molecule has 0 aliphatic rings. The highest BCUT2D eigenvalue weighted by molar-refractivity contribution is 6.09. The summed E-state index contributed by atoms with van der Waals surface area (Å²) in [5.41, 5.74) is 3.29. The molecule has 6 nitrogen and oxygen atoms in total. The van der Waals surface area contributed by atoms with Crippen molar-refractivity contribution in [3.63, 3.8) is 0 Å². The first-order valence-corrected chi connectivity index (χ1v) is 11.6. The Kier molecular flexibility index (Phi) is 7.52. The quantitative estimate of drug-likeness (QED) is 0.174. The van der Waals surface area contributed by atoms with E-state index in [1.54, 1.807) is 30.3 Å². The Labute approximate surface area is 210 Å². The molecular formula is C30H26N2O4. The van der Waals surface area contributed by atoms with Gasteiger partial charge in [0.15, 0.2) is 11.5 Å². The van der Waals surface area contributed by atoms with Gasteiger partial charge in [-0.15, -0.1) is 0 Å². The van der Waals surface area contributed by atoms with Crippen molar-refractivity contribution in [2.45, 2.75) is 20.5 Å². The van der Waals surface area contributed by atoms with Crippen LogP contribution >= 0.6 is 0 Å². The molecule has 0 radical (unpaired) electrons. The molecule has 0 aliphatic carbocycles. The summed E-state index contributed by atoms with van der Waals surface area (Å²) in [6.07, 6.45) is 1.50. The number of hydrogen-bond acceptors (Lipinski definition) is 5. The number of nitriles is 1. The zero-order valence-corrected chi connectivity index (χ0v) is 20.1. The number of anilines is 1. The summed E-state index contributed by atoms with van der Waals surface area (Å²) in [5.74, 6) is 0.645. The molecule has 0 atom stereocenters. The lowest BCUT2D eigenvalue weighted by Gasteiger charge is -2.15. The Balaban J connectivity index is 1.56. The Hall–Kier alpha value is -4.76. The van der Waals surface area contributed by atoms with Gasteiger partial charge >= 0.3 is 0 Å². The number of carbonyl (C=O) groups excluding carboxylic acids is 1. The summed E-state index contributed by atoms with van der Waals surface area (Å²) in [4.78, 5) is 12.6. The lowest BCUT2D eigenvalue weighted by molar-refractivity contribution is -0.112. The van der Waals surface area contributed by atoms with Crippen LogP contribution in [-0.4, -0.2) is 17.6 Å². The highest BCUT2D eigenvalue weighted by atomic mass is 16.5. The minimum absolute atomic E-state index is 0.0643. The van der Waals surface area contributed by atoms with Crippen LogP contribution in [0.1, 0.15) is 23.6 Å². The maximum Gasteiger partial charge on any atom is 0.266 e. The van der Waals surface area contributed by atoms with Crippen LogP contribution in [-0.2, 0) is 11.4 Å². The Morgan fingerprint density at radius 2 is 1.78 bits per heavy atom. The van der Waals surface area contributed by atoms with Gasteiger partial charge < -0.3 is 19.9 Å². The number of nitrogens with zero attached hydrogens (tertiary/aromatic N) is 1. The molecule has 1 amide bonds. The second-order valence-electron chi connectivity index (χ2n) is 8.18. The van der Waals surface area contributed by atoms with E-state index in [0.29, 0.717) is 36.0 Å². The van der Waals surface area contributed by atoms with Crippen LogP contribution in [0, 0.1) is 18.3 Å². The minimum Gasteiger partial charge on any atom is -0.508 e. The number of aromatic hydroxyl groups is 1. The van der Waals surface area contributed by atoms with Crippen molar-refractivity contribution in [3.05, 3.63) is 101 Å². The van der Waals surface area contributed by atoms with E-state index in [1.165, 1.54) is 18.2 Å². The predicted molar refractivity (Wildman–Crippen MR) is 141 cm³/mol. The Bertz CT molecular complexity index is 1470. The van der Waals surface area contributed by atoms with Gasteiger partial charge in [0.2, 0.25) is 0 Å². The number of rotatable bonds is 8. The molecule has 4 rings (SSSR count). The van der Waals surface area contributed by atoms with Gasteiger partial charge in [-0.05, 0) is 78.2 Å². The van der Waals surface area contributed by atoms with E-state index in [4.69, 9.17) is 9.47 Å². The topological polar surface area (TPSA) is 91.6 Å². The number of aryl methyl sites for hydroxylation is 1. The predicted octanol–water partition coefficient (Wildman–Crippen LogP) is 6.38. The molecule has 0 heterocycles. The average Bonchev–Trinajstić information content (AvgIpc) is 2.89. The molecule has 4 aromatic carbocycles. The van der Waals surface area contributed by atoms with Gasteiger partial charge in [0.05, 0.1) is 6.61 Å². The van der Waals surface area contributed by atoms with Gasteiger partial charge in [0, 0.05) is 11.3 Å². The van der Waals surface area contributed by atoms with Crippen molar-refractivity contribution in [3.8, 4) is 23.3 Å². The summed E-state index contributed by atoms with van der Waals surface area (Å²) in [7, 11) is 0. The number of fused-ring (bicyclic) bond motifs is 1. The molecule has 0 bridgehead atoms. The molecule has 2 N–H and O–H groups in total. The van der Waals surface area contributed by atoms with Gasteiger partial charge in [0.25, 0.3) is 5.91 Å². The summed E-state index contributed by atoms with van der Waals surface area (Å²) < 4.78 is 12.0. The van der Waals surface area contributed by atoms with Crippen LogP contribution in [0.15, 0.2) is 84.4 Å². The summed E-state index contributed by atoms with van der Waals surface area (Å²) in [6, 6.07) is 25.7. The van der Waals surface area contributed by atoms with Crippen LogP contribution in [0.25, 0.3) is 16.8 Å². The molecule has 180 valence electrons. The fraction of sp³-hybridized carbons (Fsp3) is 0.133. The maximum atomic E-state index is 12.6. The number of nitrogens with one attached hydrogen (secondary N) is 1. The van der Waals surface area contributed by atoms with E-state index < -0.39 is 5.91 Å². The van der Waals surface area contributed by atoms with Crippen LogP contribution in [0.2, 0.25) is 0 Å². The van der Waals surface area contributed by atoms with Crippen LogP contribution in [0.5, 0.6) is 17.2 Å². The van der Waals surface area contributed by atoms with Crippen LogP contribution < -0.4 is 14.8 Å².